The van der Waals surface area contributed by atoms with Crippen molar-refractivity contribution in [2.24, 2.45) is 0 Å². The molecule has 3 nitrogen and oxygen atoms in total. The molecule has 0 bridgehead atoms. The van der Waals surface area contributed by atoms with Crippen molar-refractivity contribution < 1.29 is 9.53 Å². The number of amides is 1. The van der Waals surface area contributed by atoms with E-state index in [-0.39, 0.29) is 5.91 Å². The highest BCUT2D eigenvalue weighted by molar-refractivity contribution is 6.32. The van der Waals surface area contributed by atoms with E-state index in [4.69, 9.17) is 16.3 Å². The van der Waals surface area contributed by atoms with Gasteiger partial charge in [0.1, 0.15) is 0 Å². The Balaban J connectivity index is 2.00. The van der Waals surface area contributed by atoms with E-state index in [1.54, 1.807) is 23.1 Å². The van der Waals surface area contributed by atoms with Gasteiger partial charge in [-0.2, -0.15) is 0 Å². The lowest BCUT2D eigenvalue weighted by molar-refractivity contribution is -0.129. The number of hydrogen-bond donors (Lipinski definition) is 0. The Kier molecular flexibility index (Phi) is 4.18. The number of nitrogens with zero attached hydrogens (tertiary/aromatic N) is 1. The first kappa shape index (κ1) is 12.1. The Morgan fingerprint density at radius 2 is 2.00 bits per heavy atom. The molecule has 0 unspecified atom stereocenters. The quantitative estimate of drug-likeness (QED) is 0.755. The molecule has 0 N–H and O–H groups in total. The van der Waals surface area contributed by atoms with Crippen LogP contribution in [0.1, 0.15) is 5.56 Å². The largest absolute Gasteiger partial charge is 0.378 e. The highest BCUT2D eigenvalue weighted by Crippen LogP contribution is 2.16. The van der Waals surface area contributed by atoms with Crippen molar-refractivity contribution in [1.82, 2.24) is 4.90 Å². The molecular formula is C13H14ClNO2. The van der Waals surface area contributed by atoms with Crippen molar-refractivity contribution >= 4 is 23.6 Å². The Bertz CT molecular complexity index is 425. The summed E-state index contributed by atoms with van der Waals surface area (Å²) in [5.41, 5.74) is 0.857. The van der Waals surface area contributed by atoms with E-state index >= 15 is 0 Å². The maximum absolute atomic E-state index is 11.8. The molecule has 1 fully saturated rings. The summed E-state index contributed by atoms with van der Waals surface area (Å²) in [6.45, 7) is 2.55. The van der Waals surface area contributed by atoms with Gasteiger partial charge in [0, 0.05) is 24.2 Å². The van der Waals surface area contributed by atoms with Crippen LogP contribution >= 0.6 is 11.6 Å². The Morgan fingerprint density at radius 1 is 1.29 bits per heavy atom. The summed E-state index contributed by atoms with van der Waals surface area (Å²) in [4.78, 5) is 13.6. The summed E-state index contributed by atoms with van der Waals surface area (Å²) in [5.74, 6) is 0.00761. The van der Waals surface area contributed by atoms with Crippen molar-refractivity contribution in [3.05, 3.63) is 40.9 Å². The molecule has 0 aliphatic carbocycles. The van der Waals surface area contributed by atoms with Crippen molar-refractivity contribution in [3.63, 3.8) is 0 Å². The molecule has 1 heterocycles. The van der Waals surface area contributed by atoms with Crippen LogP contribution in [0, 0.1) is 0 Å². The molecule has 0 atom stereocenters. The summed E-state index contributed by atoms with van der Waals surface area (Å²) in [5, 5.41) is 0.651. The van der Waals surface area contributed by atoms with Gasteiger partial charge in [-0.05, 0) is 17.7 Å². The van der Waals surface area contributed by atoms with Crippen LogP contribution in [0.2, 0.25) is 5.02 Å². The average molecular weight is 252 g/mol. The fourth-order valence-electron chi connectivity index (χ4n) is 1.66. The number of rotatable bonds is 2. The van der Waals surface area contributed by atoms with Gasteiger partial charge >= 0.3 is 0 Å². The summed E-state index contributed by atoms with van der Waals surface area (Å²) >= 11 is 6.00. The molecular weight excluding hydrogens is 238 g/mol. The molecule has 1 aromatic rings. The molecule has 0 aromatic heterocycles. The van der Waals surface area contributed by atoms with Crippen LogP contribution in [0.5, 0.6) is 0 Å². The Morgan fingerprint density at radius 3 is 2.71 bits per heavy atom. The molecule has 0 spiro atoms. The molecule has 1 aromatic carbocycles. The van der Waals surface area contributed by atoms with E-state index in [2.05, 4.69) is 0 Å². The Labute approximate surface area is 106 Å². The topological polar surface area (TPSA) is 29.5 Å². The van der Waals surface area contributed by atoms with Gasteiger partial charge in [0.2, 0.25) is 5.91 Å². The Hall–Kier alpha value is -1.32. The molecule has 1 amide bonds. The molecule has 2 rings (SSSR count). The highest BCUT2D eigenvalue weighted by Gasteiger charge is 2.13. The van der Waals surface area contributed by atoms with E-state index < -0.39 is 0 Å². The fraction of sp³-hybridized carbons (Fsp3) is 0.308. The SMILES string of the molecule is O=C(/C=C/c1ccccc1Cl)N1CCOCC1. The van der Waals surface area contributed by atoms with Crippen LogP contribution < -0.4 is 0 Å². The van der Waals surface area contributed by atoms with Crippen LogP contribution in [0.4, 0.5) is 0 Å². The van der Waals surface area contributed by atoms with Crippen LogP contribution in [-0.4, -0.2) is 37.1 Å². The zero-order valence-electron chi connectivity index (χ0n) is 9.43. The van der Waals surface area contributed by atoms with Gasteiger partial charge in [0.05, 0.1) is 13.2 Å². The molecule has 1 saturated heterocycles. The first-order chi connectivity index (χ1) is 8.27. The third-order valence-corrected chi connectivity index (χ3v) is 2.98. The summed E-state index contributed by atoms with van der Waals surface area (Å²) in [6.07, 6.45) is 3.31. The lowest BCUT2D eigenvalue weighted by Crippen LogP contribution is -2.39. The minimum Gasteiger partial charge on any atom is -0.378 e. The molecule has 17 heavy (non-hydrogen) atoms. The third kappa shape index (κ3) is 3.32. The zero-order valence-corrected chi connectivity index (χ0v) is 10.2. The normalized spacial score (nSPS) is 16.4. The summed E-state index contributed by atoms with van der Waals surface area (Å²) < 4.78 is 5.19. The lowest BCUT2D eigenvalue weighted by Gasteiger charge is -2.25. The number of ether oxygens (including phenoxy) is 1. The van der Waals surface area contributed by atoms with Crippen molar-refractivity contribution in [1.29, 1.82) is 0 Å². The minimum atomic E-state index is 0.00761. The number of hydrogen-bond acceptors (Lipinski definition) is 2. The maximum Gasteiger partial charge on any atom is 0.246 e. The number of halogens is 1. The first-order valence-electron chi connectivity index (χ1n) is 5.56. The van der Waals surface area contributed by atoms with Gasteiger partial charge in [-0.25, -0.2) is 0 Å². The molecule has 0 radical (unpaired) electrons. The predicted molar refractivity (Wildman–Crippen MR) is 67.9 cm³/mol. The maximum atomic E-state index is 11.8. The summed E-state index contributed by atoms with van der Waals surface area (Å²) in [7, 11) is 0. The van der Waals surface area contributed by atoms with E-state index in [0.717, 1.165) is 5.56 Å². The lowest BCUT2D eigenvalue weighted by atomic mass is 10.2. The van der Waals surface area contributed by atoms with Gasteiger partial charge in [-0.1, -0.05) is 29.8 Å². The summed E-state index contributed by atoms with van der Waals surface area (Å²) in [6, 6.07) is 7.44. The van der Waals surface area contributed by atoms with Gasteiger partial charge in [0.15, 0.2) is 0 Å². The smallest absolute Gasteiger partial charge is 0.246 e. The molecule has 90 valence electrons. The third-order valence-electron chi connectivity index (χ3n) is 2.63. The second kappa shape index (κ2) is 5.84. The number of carbonyl (C=O) groups excluding carboxylic acids is 1. The molecule has 0 saturated carbocycles. The van der Waals surface area contributed by atoms with Crippen molar-refractivity contribution in [3.8, 4) is 0 Å². The molecule has 1 aliphatic rings. The zero-order chi connectivity index (χ0) is 12.1. The number of morpholine rings is 1. The second-order valence-corrected chi connectivity index (χ2v) is 4.20. The first-order valence-corrected chi connectivity index (χ1v) is 5.94. The van der Waals surface area contributed by atoms with Gasteiger partial charge in [-0.3, -0.25) is 4.79 Å². The van der Waals surface area contributed by atoms with Crippen molar-refractivity contribution in [2.75, 3.05) is 26.3 Å². The van der Waals surface area contributed by atoms with Gasteiger partial charge in [0.25, 0.3) is 0 Å². The van der Waals surface area contributed by atoms with Gasteiger partial charge in [-0.15, -0.1) is 0 Å². The minimum absolute atomic E-state index is 0.00761. The van der Waals surface area contributed by atoms with Crippen LogP contribution in [0.25, 0.3) is 6.08 Å². The van der Waals surface area contributed by atoms with Crippen LogP contribution in [-0.2, 0) is 9.53 Å². The molecule has 1 aliphatic heterocycles. The second-order valence-electron chi connectivity index (χ2n) is 3.79. The fourth-order valence-corrected chi connectivity index (χ4v) is 1.86. The molecule has 4 heteroatoms. The van der Waals surface area contributed by atoms with E-state index in [9.17, 15) is 4.79 Å². The average Bonchev–Trinajstić information content (AvgIpc) is 2.38. The van der Waals surface area contributed by atoms with Crippen molar-refractivity contribution in [2.45, 2.75) is 0 Å². The van der Waals surface area contributed by atoms with E-state index in [1.807, 2.05) is 18.2 Å². The van der Waals surface area contributed by atoms with Crippen LogP contribution in [0.15, 0.2) is 30.3 Å². The van der Waals surface area contributed by atoms with Gasteiger partial charge < -0.3 is 9.64 Å². The van der Waals surface area contributed by atoms with E-state index in [1.165, 1.54) is 0 Å². The predicted octanol–water partition coefficient (Wildman–Crippen LogP) is 2.21. The highest BCUT2D eigenvalue weighted by atomic mass is 35.5. The monoisotopic (exact) mass is 251 g/mol. The number of carbonyl (C=O) groups is 1. The van der Waals surface area contributed by atoms with Crippen LogP contribution in [0.3, 0.4) is 0 Å². The van der Waals surface area contributed by atoms with E-state index in [0.29, 0.717) is 31.3 Å². The number of benzene rings is 1. The standard InChI is InChI=1S/C13H14ClNO2/c14-12-4-2-1-3-11(12)5-6-13(16)15-7-9-17-10-8-15/h1-6H,7-10H2/b6-5+.